The van der Waals surface area contributed by atoms with E-state index in [2.05, 4.69) is 10.6 Å². The lowest BCUT2D eigenvalue weighted by molar-refractivity contribution is -0.147. The summed E-state index contributed by atoms with van der Waals surface area (Å²) in [4.78, 5) is 34.9. The van der Waals surface area contributed by atoms with Crippen molar-refractivity contribution in [1.29, 1.82) is 0 Å². The number of hydrogen-bond donors (Lipinski definition) is 2. The Labute approximate surface area is 146 Å². The largest absolute Gasteiger partial charge is 0.493 e. The van der Waals surface area contributed by atoms with Gasteiger partial charge in [-0.05, 0) is 31.0 Å². The van der Waals surface area contributed by atoms with Crippen molar-refractivity contribution in [2.75, 3.05) is 20.8 Å². The monoisotopic (exact) mass is 352 g/mol. The molecule has 25 heavy (non-hydrogen) atoms. The Morgan fingerprint density at radius 3 is 2.40 bits per heavy atom. The highest BCUT2D eigenvalue weighted by molar-refractivity contribution is 5.95. The number of esters is 1. The van der Waals surface area contributed by atoms with Gasteiger partial charge in [-0.3, -0.25) is 14.9 Å². The number of benzene rings is 1. The first-order valence-corrected chi connectivity index (χ1v) is 7.86. The zero-order valence-electron chi connectivity index (χ0n) is 14.9. The number of nitrogens with one attached hydrogen (secondary N) is 2. The maximum absolute atomic E-state index is 11.8. The van der Waals surface area contributed by atoms with E-state index in [1.807, 2.05) is 13.8 Å². The number of urea groups is 1. The van der Waals surface area contributed by atoms with Gasteiger partial charge in [0.25, 0.3) is 5.91 Å². The van der Waals surface area contributed by atoms with E-state index in [4.69, 9.17) is 14.2 Å². The molecule has 0 radical (unpaired) electrons. The van der Waals surface area contributed by atoms with Gasteiger partial charge in [0.15, 0.2) is 18.1 Å². The number of amides is 3. The number of imide groups is 1. The average Bonchev–Trinajstić information content (AvgIpc) is 2.59. The van der Waals surface area contributed by atoms with Crippen LogP contribution in [0.3, 0.4) is 0 Å². The molecule has 3 amide bonds. The molecule has 0 heterocycles. The summed E-state index contributed by atoms with van der Waals surface area (Å²) in [5, 5.41) is 4.67. The van der Waals surface area contributed by atoms with Gasteiger partial charge in [0.2, 0.25) is 0 Å². The summed E-state index contributed by atoms with van der Waals surface area (Å²) in [5.41, 5.74) is 0.651. The second-order valence-corrected chi connectivity index (χ2v) is 5.36. The number of hydrogen-bond acceptors (Lipinski definition) is 6. The third-order valence-corrected chi connectivity index (χ3v) is 3.40. The van der Waals surface area contributed by atoms with E-state index in [-0.39, 0.29) is 12.5 Å². The smallest absolute Gasteiger partial charge is 0.321 e. The van der Waals surface area contributed by atoms with Crippen LogP contribution in [0.2, 0.25) is 0 Å². The molecule has 0 unspecified atom stereocenters. The molecule has 0 bridgehead atoms. The van der Waals surface area contributed by atoms with Crippen molar-refractivity contribution in [3.05, 3.63) is 23.8 Å². The molecule has 1 atom stereocenters. The maximum atomic E-state index is 11.8. The van der Waals surface area contributed by atoms with E-state index in [0.717, 1.165) is 6.42 Å². The number of ether oxygens (including phenoxy) is 3. The molecule has 0 spiro atoms. The van der Waals surface area contributed by atoms with Gasteiger partial charge in [0, 0.05) is 6.04 Å². The van der Waals surface area contributed by atoms with Crippen LogP contribution in [0.15, 0.2) is 18.2 Å². The molecule has 0 aliphatic carbocycles. The summed E-state index contributed by atoms with van der Waals surface area (Å²) in [5.74, 6) is -0.246. The highest BCUT2D eigenvalue weighted by atomic mass is 16.5. The van der Waals surface area contributed by atoms with Crippen LogP contribution >= 0.6 is 0 Å². The third-order valence-electron chi connectivity index (χ3n) is 3.40. The van der Waals surface area contributed by atoms with E-state index in [1.54, 1.807) is 18.2 Å². The van der Waals surface area contributed by atoms with E-state index in [0.29, 0.717) is 17.1 Å². The van der Waals surface area contributed by atoms with Crippen molar-refractivity contribution in [2.24, 2.45) is 0 Å². The minimum Gasteiger partial charge on any atom is -0.493 e. The minimum absolute atomic E-state index is 0.0350. The average molecular weight is 352 g/mol. The normalized spacial score (nSPS) is 11.2. The predicted octanol–water partition coefficient (Wildman–Crippen LogP) is 1.41. The lowest BCUT2D eigenvalue weighted by Crippen LogP contribution is -2.44. The van der Waals surface area contributed by atoms with Gasteiger partial charge in [-0.1, -0.05) is 13.0 Å². The first-order valence-electron chi connectivity index (χ1n) is 7.86. The second-order valence-electron chi connectivity index (χ2n) is 5.36. The first kappa shape index (κ1) is 20.3. The zero-order valence-corrected chi connectivity index (χ0v) is 14.9. The quantitative estimate of drug-likeness (QED) is 0.686. The predicted molar refractivity (Wildman–Crippen MR) is 90.6 cm³/mol. The molecule has 0 aromatic heterocycles. The SMILES string of the molecule is CC[C@@H](C)NC(=O)NC(=O)COC(=O)Cc1ccc(OC)c(OC)c1. The molecule has 1 aromatic carbocycles. The lowest BCUT2D eigenvalue weighted by atomic mass is 10.1. The Hall–Kier alpha value is -2.77. The molecule has 0 saturated heterocycles. The third kappa shape index (κ3) is 7.11. The molecule has 2 N–H and O–H groups in total. The Kier molecular flexibility index (Phi) is 8.25. The molecule has 1 rings (SSSR count). The van der Waals surface area contributed by atoms with Crippen LogP contribution in [0, 0.1) is 0 Å². The lowest BCUT2D eigenvalue weighted by Gasteiger charge is -2.12. The van der Waals surface area contributed by atoms with Crippen LogP contribution in [0.4, 0.5) is 4.79 Å². The summed E-state index contributed by atoms with van der Waals surface area (Å²) in [6.07, 6.45) is 0.703. The van der Waals surface area contributed by atoms with Crippen molar-refractivity contribution in [1.82, 2.24) is 10.6 Å². The van der Waals surface area contributed by atoms with Gasteiger partial charge in [-0.2, -0.15) is 0 Å². The molecule has 0 aliphatic rings. The van der Waals surface area contributed by atoms with E-state index in [9.17, 15) is 14.4 Å². The molecule has 0 fully saturated rings. The van der Waals surface area contributed by atoms with E-state index < -0.39 is 24.5 Å². The molecule has 8 nitrogen and oxygen atoms in total. The summed E-state index contributed by atoms with van der Waals surface area (Å²) in [7, 11) is 3.01. The Balaban J connectivity index is 2.44. The molecule has 0 aliphatic heterocycles. The molecule has 8 heteroatoms. The molecule has 138 valence electrons. The fraction of sp³-hybridized carbons (Fsp3) is 0.471. The van der Waals surface area contributed by atoms with Gasteiger partial charge in [-0.25, -0.2) is 4.79 Å². The fourth-order valence-electron chi connectivity index (χ4n) is 1.88. The van der Waals surface area contributed by atoms with Crippen molar-refractivity contribution in [3.8, 4) is 11.5 Å². The van der Waals surface area contributed by atoms with Gasteiger partial charge in [-0.15, -0.1) is 0 Å². The van der Waals surface area contributed by atoms with Crippen LogP contribution in [-0.4, -0.2) is 44.8 Å². The Morgan fingerprint density at radius 2 is 1.80 bits per heavy atom. The van der Waals surface area contributed by atoms with Crippen molar-refractivity contribution in [3.63, 3.8) is 0 Å². The van der Waals surface area contributed by atoms with Gasteiger partial charge in [0.1, 0.15) is 0 Å². The van der Waals surface area contributed by atoms with Crippen LogP contribution in [-0.2, 0) is 20.7 Å². The fourth-order valence-corrected chi connectivity index (χ4v) is 1.88. The summed E-state index contributed by atoms with van der Waals surface area (Å²) in [6, 6.07) is 4.35. The molecular formula is C17H24N2O6. The van der Waals surface area contributed by atoms with E-state index >= 15 is 0 Å². The number of carbonyl (C=O) groups is 3. The number of rotatable bonds is 8. The molecule has 0 saturated carbocycles. The van der Waals surface area contributed by atoms with Crippen LogP contribution < -0.4 is 20.1 Å². The number of methoxy groups -OCH3 is 2. The van der Waals surface area contributed by atoms with E-state index in [1.165, 1.54) is 14.2 Å². The summed E-state index contributed by atoms with van der Waals surface area (Å²) in [6.45, 7) is 3.19. The first-order chi connectivity index (χ1) is 11.9. The van der Waals surface area contributed by atoms with Crippen molar-refractivity contribution >= 4 is 17.9 Å². The zero-order chi connectivity index (χ0) is 18.8. The van der Waals surface area contributed by atoms with Crippen LogP contribution in [0.1, 0.15) is 25.8 Å². The standard InChI is InChI=1S/C17H24N2O6/c1-5-11(2)18-17(22)19-15(20)10-25-16(21)9-12-6-7-13(23-3)14(8-12)24-4/h6-8,11H,5,9-10H2,1-4H3,(H2,18,19,20,22)/t11-/m1/s1. The highest BCUT2D eigenvalue weighted by Crippen LogP contribution is 2.27. The topological polar surface area (TPSA) is 103 Å². The minimum atomic E-state index is -0.693. The van der Waals surface area contributed by atoms with Gasteiger partial charge >= 0.3 is 12.0 Å². The van der Waals surface area contributed by atoms with Gasteiger partial charge in [0.05, 0.1) is 20.6 Å². The highest BCUT2D eigenvalue weighted by Gasteiger charge is 2.13. The van der Waals surface area contributed by atoms with Crippen molar-refractivity contribution < 1.29 is 28.6 Å². The Morgan fingerprint density at radius 1 is 1.12 bits per heavy atom. The van der Waals surface area contributed by atoms with Gasteiger partial charge < -0.3 is 19.5 Å². The summed E-state index contributed by atoms with van der Waals surface area (Å²) >= 11 is 0. The number of carbonyl (C=O) groups excluding carboxylic acids is 3. The summed E-state index contributed by atoms with van der Waals surface area (Å²) < 4.78 is 15.1. The van der Waals surface area contributed by atoms with Crippen LogP contribution in [0.5, 0.6) is 11.5 Å². The maximum Gasteiger partial charge on any atom is 0.321 e. The second kappa shape index (κ2) is 10.2. The van der Waals surface area contributed by atoms with Crippen molar-refractivity contribution in [2.45, 2.75) is 32.7 Å². The molecule has 1 aromatic rings. The molecular weight excluding hydrogens is 328 g/mol. The van der Waals surface area contributed by atoms with Crippen LogP contribution in [0.25, 0.3) is 0 Å². The Bertz CT molecular complexity index is 617.